The van der Waals surface area contributed by atoms with Crippen LogP contribution in [0, 0.1) is 15.2 Å². The van der Waals surface area contributed by atoms with E-state index in [1.807, 2.05) is 0 Å². The van der Waals surface area contributed by atoms with Gasteiger partial charge in [-0.05, 0) is 34.7 Å². The number of ether oxygens (including phenoxy) is 1. The lowest BCUT2D eigenvalue weighted by Crippen LogP contribution is -2.48. The van der Waals surface area contributed by atoms with Crippen LogP contribution in [-0.2, 0) is 9.53 Å². The van der Waals surface area contributed by atoms with E-state index in [1.54, 1.807) is 22.6 Å². The van der Waals surface area contributed by atoms with Crippen LogP contribution in [0.25, 0.3) is 0 Å². The van der Waals surface area contributed by atoms with E-state index in [-0.39, 0.29) is 34.2 Å². The Morgan fingerprint density at radius 2 is 2.05 bits per heavy atom. The minimum Gasteiger partial charge on any atom is -0.378 e. The number of morpholine rings is 1. The van der Waals surface area contributed by atoms with Crippen LogP contribution in [0.3, 0.4) is 0 Å². The number of carbonyl (C=O) groups excluding carboxylic acids is 1. The highest BCUT2D eigenvalue weighted by Gasteiger charge is 2.21. The normalized spacial score (nSPS) is 18.6. The molecule has 1 aromatic rings. The van der Waals surface area contributed by atoms with Gasteiger partial charge in [-0.1, -0.05) is 0 Å². The molecule has 0 radical (unpaired) electrons. The second-order valence-corrected chi connectivity index (χ2v) is 4.90. The number of amides is 1. The van der Waals surface area contributed by atoms with Crippen LogP contribution in [-0.4, -0.2) is 31.7 Å². The first-order valence-electron chi connectivity index (χ1n) is 5.34. The van der Waals surface area contributed by atoms with E-state index < -0.39 is 17.7 Å². The molecular weight excluding hydrogens is 392 g/mol. The van der Waals surface area contributed by atoms with Gasteiger partial charge in [0.1, 0.15) is 17.7 Å². The monoisotopic (exact) mass is 404 g/mol. The van der Waals surface area contributed by atoms with Crippen molar-refractivity contribution in [1.82, 2.24) is 5.32 Å². The fourth-order valence-electron chi connectivity index (χ4n) is 1.59. The molecule has 2 N–H and O–H groups in total. The number of hydrogen-bond acceptors (Lipinski definition) is 3. The molecule has 4 nitrogen and oxygen atoms in total. The van der Waals surface area contributed by atoms with Gasteiger partial charge in [0.25, 0.3) is 0 Å². The maximum atomic E-state index is 13.3. The van der Waals surface area contributed by atoms with Gasteiger partial charge in [-0.3, -0.25) is 4.79 Å². The lowest BCUT2D eigenvalue weighted by molar-refractivity contribution is -0.120. The van der Waals surface area contributed by atoms with Crippen molar-refractivity contribution >= 4 is 46.6 Å². The summed E-state index contributed by atoms with van der Waals surface area (Å²) in [6, 6.07) is 1.68. The Kier molecular flexibility index (Phi) is 6.37. The van der Waals surface area contributed by atoms with Crippen LogP contribution in [0.4, 0.5) is 14.5 Å². The highest BCUT2D eigenvalue weighted by Crippen LogP contribution is 2.20. The summed E-state index contributed by atoms with van der Waals surface area (Å²) in [5, 5.41) is 5.41. The molecule has 0 spiro atoms. The van der Waals surface area contributed by atoms with Crippen molar-refractivity contribution in [2.75, 3.05) is 25.1 Å². The van der Waals surface area contributed by atoms with Crippen molar-refractivity contribution in [3.63, 3.8) is 0 Å². The van der Waals surface area contributed by atoms with Gasteiger partial charge in [0.2, 0.25) is 5.91 Å². The topological polar surface area (TPSA) is 50.4 Å². The Labute approximate surface area is 128 Å². The summed E-state index contributed by atoms with van der Waals surface area (Å²) in [6.07, 6.45) is 0. The number of halogens is 4. The van der Waals surface area contributed by atoms with Gasteiger partial charge >= 0.3 is 0 Å². The minimum atomic E-state index is -0.696. The van der Waals surface area contributed by atoms with Crippen LogP contribution in [0.1, 0.15) is 0 Å². The zero-order valence-electron chi connectivity index (χ0n) is 9.71. The van der Waals surface area contributed by atoms with Gasteiger partial charge in [-0.2, -0.15) is 0 Å². The predicted octanol–water partition coefficient (Wildman–Crippen LogP) is 1.92. The Morgan fingerprint density at radius 1 is 1.42 bits per heavy atom. The molecule has 0 aromatic heterocycles. The smallest absolute Gasteiger partial charge is 0.243 e. The predicted molar refractivity (Wildman–Crippen MR) is 77.6 cm³/mol. The van der Waals surface area contributed by atoms with Gasteiger partial charge in [-0.25, -0.2) is 8.78 Å². The first-order chi connectivity index (χ1) is 8.58. The fraction of sp³-hybridized carbons (Fsp3) is 0.364. The maximum absolute atomic E-state index is 13.3. The molecule has 8 heteroatoms. The molecule has 1 fully saturated rings. The summed E-state index contributed by atoms with van der Waals surface area (Å²) >= 11 is 1.57. The highest BCUT2D eigenvalue weighted by molar-refractivity contribution is 14.1. The first kappa shape index (κ1) is 16.5. The molecule has 1 aromatic carbocycles. The third-order valence-electron chi connectivity index (χ3n) is 2.49. The third-order valence-corrected chi connectivity index (χ3v) is 3.52. The van der Waals surface area contributed by atoms with Crippen LogP contribution in [0.5, 0.6) is 0 Å². The third kappa shape index (κ3) is 4.23. The van der Waals surface area contributed by atoms with Gasteiger partial charge in [0.15, 0.2) is 0 Å². The maximum Gasteiger partial charge on any atom is 0.243 e. The van der Waals surface area contributed by atoms with Crippen molar-refractivity contribution < 1.29 is 18.3 Å². The molecule has 19 heavy (non-hydrogen) atoms. The van der Waals surface area contributed by atoms with Crippen molar-refractivity contribution in [3.8, 4) is 0 Å². The molecular formula is C11H12ClF2IN2O2. The van der Waals surface area contributed by atoms with Crippen LogP contribution in [0.15, 0.2) is 12.1 Å². The molecule has 1 unspecified atom stereocenters. The SMILES string of the molecule is Cl.O=C(Nc1cc(F)c(I)c(F)c1)C1COCCN1. The summed E-state index contributed by atoms with van der Waals surface area (Å²) in [4.78, 5) is 11.8. The zero-order valence-corrected chi connectivity index (χ0v) is 12.7. The number of carbonyl (C=O) groups is 1. The summed E-state index contributed by atoms with van der Waals surface area (Å²) in [7, 11) is 0. The molecule has 1 amide bonds. The van der Waals surface area contributed by atoms with Crippen LogP contribution in [0.2, 0.25) is 0 Å². The lowest BCUT2D eigenvalue weighted by atomic mass is 10.2. The van der Waals surface area contributed by atoms with E-state index in [1.165, 1.54) is 0 Å². The van der Waals surface area contributed by atoms with Gasteiger partial charge < -0.3 is 15.4 Å². The number of rotatable bonds is 2. The van der Waals surface area contributed by atoms with E-state index >= 15 is 0 Å². The van der Waals surface area contributed by atoms with E-state index in [2.05, 4.69) is 10.6 Å². The van der Waals surface area contributed by atoms with E-state index in [0.29, 0.717) is 13.2 Å². The Hall–Kier alpha value is -0.510. The first-order valence-corrected chi connectivity index (χ1v) is 6.42. The molecule has 0 bridgehead atoms. The summed E-state index contributed by atoms with van der Waals surface area (Å²) in [6.45, 7) is 1.38. The summed E-state index contributed by atoms with van der Waals surface area (Å²) in [5.74, 6) is -1.76. The molecule has 0 aliphatic carbocycles. The van der Waals surface area contributed by atoms with E-state index in [4.69, 9.17) is 4.74 Å². The average Bonchev–Trinajstić information content (AvgIpc) is 2.37. The van der Waals surface area contributed by atoms with Crippen molar-refractivity contribution in [3.05, 3.63) is 27.3 Å². The second kappa shape index (κ2) is 7.32. The number of nitrogens with one attached hydrogen (secondary N) is 2. The molecule has 1 saturated heterocycles. The molecule has 1 heterocycles. The lowest BCUT2D eigenvalue weighted by Gasteiger charge is -2.22. The Balaban J connectivity index is 0.00000180. The molecule has 1 atom stereocenters. The second-order valence-electron chi connectivity index (χ2n) is 3.82. The summed E-state index contributed by atoms with van der Waals surface area (Å²) in [5.41, 5.74) is 0.0998. The number of benzene rings is 1. The molecule has 1 aliphatic rings. The van der Waals surface area contributed by atoms with Crippen LogP contribution < -0.4 is 10.6 Å². The molecule has 2 rings (SSSR count). The fourth-order valence-corrected chi connectivity index (χ4v) is 1.90. The van der Waals surface area contributed by atoms with Crippen molar-refractivity contribution in [2.24, 2.45) is 0 Å². The average molecular weight is 405 g/mol. The van der Waals surface area contributed by atoms with E-state index in [0.717, 1.165) is 12.1 Å². The van der Waals surface area contributed by atoms with Gasteiger partial charge in [-0.15, -0.1) is 12.4 Å². The molecule has 106 valence electrons. The Morgan fingerprint density at radius 3 is 2.58 bits per heavy atom. The number of hydrogen-bond donors (Lipinski definition) is 2. The van der Waals surface area contributed by atoms with Crippen molar-refractivity contribution in [1.29, 1.82) is 0 Å². The van der Waals surface area contributed by atoms with Gasteiger partial charge in [0.05, 0.1) is 16.8 Å². The van der Waals surface area contributed by atoms with E-state index in [9.17, 15) is 13.6 Å². The summed E-state index contributed by atoms with van der Waals surface area (Å²) < 4.78 is 31.6. The molecule has 1 aliphatic heterocycles. The largest absolute Gasteiger partial charge is 0.378 e. The number of anilines is 1. The van der Waals surface area contributed by atoms with Crippen LogP contribution >= 0.6 is 35.0 Å². The highest BCUT2D eigenvalue weighted by atomic mass is 127. The van der Waals surface area contributed by atoms with Gasteiger partial charge in [0, 0.05) is 12.2 Å². The van der Waals surface area contributed by atoms with Crippen molar-refractivity contribution in [2.45, 2.75) is 6.04 Å². The molecule has 0 saturated carbocycles. The zero-order chi connectivity index (χ0) is 13.1. The minimum absolute atomic E-state index is 0. The quantitative estimate of drug-likeness (QED) is 0.585. The Bertz CT molecular complexity index is 447. The standard InChI is InChI=1S/C11H11F2IN2O2.ClH/c12-7-3-6(4-8(13)10(7)14)16-11(17)9-5-18-2-1-15-9;/h3-4,9,15H,1-2,5H2,(H,16,17);1H.